The Kier molecular flexibility index (Phi) is 4.81. The van der Waals surface area contributed by atoms with Crippen LogP contribution < -0.4 is 5.32 Å². The molecule has 0 saturated heterocycles. The first kappa shape index (κ1) is 14.6. The van der Waals surface area contributed by atoms with Crippen molar-refractivity contribution in [3.8, 4) is 0 Å². The van der Waals surface area contributed by atoms with Crippen molar-refractivity contribution in [3.63, 3.8) is 0 Å². The zero-order chi connectivity index (χ0) is 14.5. The average molecular weight is 310 g/mol. The summed E-state index contributed by atoms with van der Waals surface area (Å²) in [6, 6.07) is 6.75. The number of esters is 1. The van der Waals surface area contributed by atoms with Crippen LogP contribution in [0.3, 0.4) is 0 Å². The van der Waals surface area contributed by atoms with E-state index in [0.29, 0.717) is 27.2 Å². The van der Waals surface area contributed by atoms with Crippen LogP contribution in [0.5, 0.6) is 0 Å². The number of hydrogen-bond acceptors (Lipinski definition) is 6. The van der Waals surface area contributed by atoms with Crippen LogP contribution in [0, 0.1) is 0 Å². The second kappa shape index (κ2) is 6.58. The number of hydrogen-bond donors (Lipinski definition) is 1. The Bertz CT molecular complexity index is 637. The number of ether oxygens (including phenoxy) is 1. The van der Waals surface area contributed by atoms with Gasteiger partial charge in [0.05, 0.1) is 17.7 Å². The van der Waals surface area contributed by atoms with E-state index in [4.69, 9.17) is 11.6 Å². The second-order valence-electron chi connectivity index (χ2n) is 3.74. The maximum absolute atomic E-state index is 11.6. The highest BCUT2D eigenvalue weighted by Gasteiger charge is 2.11. The standard InChI is InChI=1S/C13H12ClN3O2S/c1-19-12(18)9-7-8(3-4-10(9)14)16-11-5-6-15-13(17-11)20-2/h3-7H,1-2H3,(H,15,16,17). The van der Waals surface area contributed by atoms with Gasteiger partial charge in [-0.2, -0.15) is 0 Å². The Morgan fingerprint density at radius 3 is 2.90 bits per heavy atom. The van der Waals surface area contributed by atoms with Gasteiger partial charge in [0.25, 0.3) is 0 Å². The quantitative estimate of drug-likeness (QED) is 0.530. The van der Waals surface area contributed by atoms with Crippen molar-refractivity contribution in [2.75, 3.05) is 18.7 Å². The van der Waals surface area contributed by atoms with E-state index in [9.17, 15) is 4.79 Å². The molecule has 0 unspecified atom stereocenters. The van der Waals surface area contributed by atoms with Gasteiger partial charge < -0.3 is 10.1 Å². The number of anilines is 2. The summed E-state index contributed by atoms with van der Waals surface area (Å²) >= 11 is 7.41. The molecule has 104 valence electrons. The predicted octanol–water partition coefficient (Wildman–Crippen LogP) is 3.38. The normalized spacial score (nSPS) is 10.2. The molecule has 7 heteroatoms. The number of benzene rings is 1. The third kappa shape index (κ3) is 3.40. The Hall–Kier alpha value is -1.79. The molecule has 2 rings (SSSR count). The van der Waals surface area contributed by atoms with Crippen LogP contribution in [-0.2, 0) is 4.74 Å². The first-order valence-electron chi connectivity index (χ1n) is 5.66. The number of halogens is 1. The number of nitrogens with zero attached hydrogens (tertiary/aromatic N) is 2. The number of methoxy groups -OCH3 is 1. The van der Waals surface area contributed by atoms with E-state index < -0.39 is 5.97 Å². The van der Waals surface area contributed by atoms with Gasteiger partial charge >= 0.3 is 5.97 Å². The van der Waals surface area contributed by atoms with Gasteiger partial charge in [0.15, 0.2) is 5.16 Å². The molecule has 0 atom stereocenters. The number of rotatable bonds is 4. The largest absolute Gasteiger partial charge is 0.465 e. The highest BCUT2D eigenvalue weighted by Crippen LogP contribution is 2.23. The lowest BCUT2D eigenvalue weighted by Gasteiger charge is -2.08. The van der Waals surface area contributed by atoms with E-state index in [-0.39, 0.29) is 0 Å². The number of aromatic nitrogens is 2. The van der Waals surface area contributed by atoms with Crippen molar-refractivity contribution >= 4 is 40.8 Å². The molecule has 0 radical (unpaired) electrons. The highest BCUT2D eigenvalue weighted by molar-refractivity contribution is 7.98. The fraction of sp³-hybridized carbons (Fsp3) is 0.154. The zero-order valence-electron chi connectivity index (χ0n) is 10.9. The minimum absolute atomic E-state index is 0.304. The van der Waals surface area contributed by atoms with Crippen LogP contribution >= 0.6 is 23.4 Å². The van der Waals surface area contributed by atoms with Crippen LogP contribution in [0.15, 0.2) is 35.6 Å². The van der Waals surface area contributed by atoms with Crippen molar-refractivity contribution in [3.05, 3.63) is 41.0 Å². The van der Waals surface area contributed by atoms with Crippen molar-refractivity contribution in [1.82, 2.24) is 9.97 Å². The molecule has 0 aliphatic heterocycles. The van der Waals surface area contributed by atoms with Crippen molar-refractivity contribution in [2.45, 2.75) is 5.16 Å². The van der Waals surface area contributed by atoms with Crippen molar-refractivity contribution < 1.29 is 9.53 Å². The monoisotopic (exact) mass is 309 g/mol. The first-order valence-corrected chi connectivity index (χ1v) is 7.26. The van der Waals surface area contributed by atoms with E-state index in [1.165, 1.54) is 18.9 Å². The summed E-state index contributed by atoms with van der Waals surface area (Å²) in [5.74, 6) is 0.161. The molecule has 2 aromatic rings. The van der Waals surface area contributed by atoms with Gasteiger partial charge in [-0.15, -0.1) is 0 Å². The summed E-state index contributed by atoms with van der Waals surface area (Å²) in [6.07, 6.45) is 3.56. The Labute approximate surface area is 125 Å². The third-order valence-electron chi connectivity index (χ3n) is 2.46. The number of carbonyl (C=O) groups excluding carboxylic acids is 1. The van der Waals surface area contributed by atoms with Gasteiger partial charge in [-0.05, 0) is 30.5 Å². The molecule has 0 spiro atoms. The molecule has 0 aliphatic rings. The summed E-state index contributed by atoms with van der Waals surface area (Å²) < 4.78 is 4.68. The van der Waals surface area contributed by atoms with E-state index >= 15 is 0 Å². The van der Waals surface area contributed by atoms with Crippen LogP contribution in [0.25, 0.3) is 0 Å². The summed E-state index contributed by atoms with van der Waals surface area (Å²) in [6.45, 7) is 0. The SMILES string of the molecule is COC(=O)c1cc(Nc2ccnc(SC)n2)ccc1Cl. The molecular formula is C13H12ClN3O2S. The molecule has 0 amide bonds. The maximum atomic E-state index is 11.6. The van der Waals surface area contributed by atoms with E-state index in [2.05, 4.69) is 20.0 Å². The molecule has 1 aromatic heterocycles. The summed E-state index contributed by atoms with van der Waals surface area (Å²) in [7, 11) is 1.31. The minimum Gasteiger partial charge on any atom is -0.465 e. The van der Waals surface area contributed by atoms with Crippen LogP contribution in [0.2, 0.25) is 5.02 Å². The van der Waals surface area contributed by atoms with E-state index in [0.717, 1.165) is 0 Å². The van der Waals surface area contributed by atoms with Crippen LogP contribution in [0.4, 0.5) is 11.5 Å². The molecule has 0 aliphatic carbocycles. The number of nitrogens with one attached hydrogen (secondary N) is 1. The van der Waals surface area contributed by atoms with E-state index in [1.807, 2.05) is 6.26 Å². The van der Waals surface area contributed by atoms with Crippen molar-refractivity contribution in [2.24, 2.45) is 0 Å². The van der Waals surface area contributed by atoms with Gasteiger partial charge in [0, 0.05) is 11.9 Å². The summed E-state index contributed by atoms with van der Waals surface area (Å²) in [5.41, 5.74) is 0.999. The summed E-state index contributed by atoms with van der Waals surface area (Å²) in [4.78, 5) is 20.0. The zero-order valence-corrected chi connectivity index (χ0v) is 12.5. The van der Waals surface area contributed by atoms with Gasteiger partial charge in [0.1, 0.15) is 5.82 Å². The molecule has 0 bridgehead atoms. The topological polar surface area (TPSA) is 64.1 Å². The molecule has 1 aromatic carbocycles. The maximum Gasteiger partial charge on any atom is 0.339 e. The molecule has 1 N–H and O–H groups in total. The average Bonchev–Trinajstić information content (AvgIpc) is 2.48. The highest BCUT2D eigenvalue weighted by atomic mass is 35.5. The lowest BCUT2D eigenvalue weighted by molar-refractivity contribution is 0.0601. The van der Waals surface area contributed by atoms with Crippen LogP contribution in [-0.4, -0.2) is 29.3 Å². The van der Waals surface area contributed by atoms with Crippen molar-refractivity contribution in [1.29, 1.82) is 0 Å². The third-order valence-corrected chi connectivity index (χ3v) is 3.35. The lowest BCUT2D eigenvalue weighted by atomic mass is 10.2. The molecule has 5 nitrogen and oxygen atoms in total. The number of carbonyl (C=O) groups is 1. The smallest absolute Gasteiger partial charge is 0.339 e. The van der Waals surface area contributed by atoms with Gasteiger partial charge in [-0.25, -0.2) is 14.8 Å². The molecule has 0 fully saturated rings. The Morgan fingerprint density at radius 1 is 1.40 bits per heavy atom. The molecule has 1 heterocycles. The second-order valence-corrected chi connectivity index (χ2v) is 4.92. The fourth-order valence-electron chi connectivity index (χ4n) is 1.53. The minimum atomic E-state index is -0.480. The predicted molar refractivity (Wildman–Crippen MR) is 79.9 cm³/mol. The first-order chi connectivity index (χ1) is 9.63. The van der Waals surface area contributed by atoms with Gasteiger partial charge in [-0.1, -0.05) is 23.4 Å². The van der Waals surface area contributed by atoms with Gasteiger partial charge in [-0.3, -0.25) is 0 Å². The lowest BCUT2D eigenvalue weighted by Crippen LogP contribution is -2.03. The fourth-order valence-corrected chi connectivity index (χ4v) is 2.08. The van der Waals surface area contributed by atoms with Gasteiger partial charge in [0.2, 0.25) is 0 Å². The molecule has 0 saturated carbocycles. The Balaban J connectivity index is 2.27. The number of thioether (sulfide) groups is 1. The Morgan fingerprint density at radius 2 is 2.20 bits per heavy atom. The summed E-state index contributed by atoms with van der Waals surface area (Å²) in [5, 5.41) is 4.10. The molecular weight excluding hydrogens is 298 g/mol. The molecule has 20 heavy (non-hydrogen) atoms. The van der Waals surface area contributed by atoms with E-state index in [1.54, 1.807) is 30.5 Å². The van der Waals surface area contributed by atoms with Crippen LogP contribution in [0.1, 0.15) is 10.4 Å².